The van der Waals surface area contributed by atoms with Gasteiger partial charge in [-0.1, -0.05) is 5.11 Å². The van der Waals surface area contributed by atoms with Crippen LogP contribution in [0.4, 0.5) is 0 Å². The average molecular weight is 395 g/mol. The number of aliphatic hydroxyl groups excluding tert-OH is 2. The van der Waals surface area contributed by atoms with Crippen molar-refractivity contribution in [1.82, 2.24) is 9.55 Å². The number of hydrogen-bond donors (Lipinski definition) is 3. The maximum Gasteiger partial charge on any atom is 0.330 e. The van der Waals surface area contributed by atoms with Gasteiger partial charge in [0.05, 0.1) is 16.3 Å². The van der Waals surface area contributed by atoms with E-state index in [1.54, 1.807) is 22.6 Å². The third kappa shape index (κ3) is 2.45. The lowest BCUT2D eigenvalue weighted by Gasteiger charge is -2.24. The number of H-pyrrole nitrogens is 1. The quantitative estimate of drug-likeness (QED) is 0.271. The second kappa shape index (κ2) is 5.54. The van der Waals surface area contributed by atoms with Gasteiger partial charge in [-0.3, -0.25) is 14.3 Å². The van der Waals surface area contributed by atoms with E-state index in [1.807, 2.05) is 0 Å². The molecule has 0 amide bonds. The van der Waals surface area contributed by atoms with Crippen LogP contribution in [0.1, 0.15) is 12.6 Å². The first-order chi connectivity index (χ1) is 9.43. The Balaban J connectivity index is 2.43. The predicted molar refractivity (Wildman–Crippen MR) is 73.7 cm³/mol. The van der Waals surface area contributed by atoms with E-state index in [-0.39, 0.29) is 9.99 Å². The Morgan fingerprint density at radius 1 is 1.70 bits per heavy atom. The van der Waals surface area contributed by atoms with Crippen LogP contribution in [0.5, 0.6) is 0 Å². The van der Waals surface area contributed by atoms with Crippen LogP contribution in [0.3, 0.4) is 0 Å². The molecule has 0 spiro atoms. The monoisotopic (exact) mass is 395 g/mol. The molecule has 11 heteroatoms. The number of nitrogens with one attached hydrogen (secondary N) is 1. The average Bonchev–Trinajstić information content (AvgIpc) is 2.72. The summed E-state index contributed by atoms with van der Waals surface area (Å²) >= 11 is 1.74. The molecule has 1 aromatic heterocycles. The van der Waals surface area contributed by atoms with Crippen molar-refractivity contribution in [2.24, 2.45) is 5.11 Å². The van der Waals surface area contributed by atoms with Gasteiger partial charge in [-0.2, -0.15) is 0 Å². The maximum absolute atomic E-state index is 11.7. The molecule has 1 aliphatic rings. The summed E-state index contributed by atoms with van der Waals surface area (Å²) < 4.78 is 6.65. The van der Waals surface area contributed by atoms with Gasteiger partial charge in [0.25, 0.3) is 5.56 Å². The molecule has 1 aromatic rings. The molecule has 0 aliphatic carbocycles. The molecule has 1 fully saturated rings. The van der Waals surface area contributed by atoms with Crippen LogP contribution in [0.25, 0.3) is 10.4 Å². The molecule has 3 atom stereocenters. The van der Waals surface area contributed by atoms with Crippen molar-refractivity contribution in [2.45, 2.75) is 24.5 Å². The van der Waals surface area contributed by atoms with Crippen LogP contribution in [0.2, 0.25) is 0 Å². The fraction of sp³-hybridized carbons (Fsp3) is 0.556. The maximum atomic E-state index is 11.7. The SMILES string of the molecule is [N-]=[N+]=N[C@@]1(CO)O[C@H](n2cc(I)c(=O)[nH]c2=O)CC1O. The molecule has 10 nitrogen and oxygen atoms in total. The number of hydrogen-bond acceptors (Lipinski definition) is 6. The first-order valence-electron chi connectivity index (χ1n) is 5.47. The number of rotatable bonds is 3. The van der Waals surface area contributed by atoms with Crippen LogP contribution in [0.15, 0.2) is 20.9 Å². The van der Waals surface area contributed by atoms with Crippen LogP contribution >= 0.6 is 22.6 Å². The number of aromatic amines is 1. The van der Waals surface area contributed by atoms with Crippen molar-refractivity contribution in [2.75, 3.05) is 6.61 Å². The number of azide groups is 1. The Bertz CT molecular complexity index is 680. The molecule has 0 saturated carbocycles. The third-order valence-corrected chi connectivity index (χ3v) is 3.73. The minimum atomic E-state index is -1.83. The highest BCUT2D eigenvalue weighted by molar-refractivity contribution is 14.1. The smallest absolute Gasteiger partial charge is 0.330 e. The van der Waals surface area contributed by atoms with Crippen molar-refractivity contribution in [3.63, 3.8) is 0 Å². The first kappa shape index (κ1) is 15.0. The third-order valence-electron chi connectivity index (χ3n) is 2.96. The number of nitrogens with zero attached hydrogens (tertiary/aromatic N) is 4. The predicted octanol–water partition coefficient (Wildman–Crippen LogP) is -0.580. The van der Waals surface area contributed by atoms with Gasteiger partial charge in [-0.15, -0.1) is 0 Å². The van der Waals surface area contributed by atoms with Crippen molar-refractivity contribution >= 4 is 22.6 Å². The fourth-order valence-electron chi connectivity index (χ4n) is 1.92. The van der Waals surface area contributed by atoms with E-state index in [0.717, 1.165) is 4.57 Å². The Morgan fingerprint density at radius 2 is 2.40 bits per heavy atom. The second-order valence-electron chi connectivity index (χ2n) is 4.16. The summed E-state index contributed by atoms with van der Waals surface area (Å²) in [6.45, 7) is -0.732. The molecular weight excluding hydrogens is 385 g/mol. The molecule has 0 radical (unpaired) electrons. The summed E-state index contributed by atoms with van der Waals surface area (Å²) in [5, 5.41) is 22.4. The van der Waals surface area contributed by atoms with E-state index in [4.69, 9.17) is 10.3 Å². The Labute approximate surface area is 124 Å². The topological polar surface area (TPSA) is 153 Å². The molecule has 1 unspecified atom stereocenters. The zero-order valence-electron chi connectivity index (χ0n) is 9.93. The second-order valence-corrected chi connectivity index (χ2v) is 5.32. The van der Waals surface area contributed by atoms with Gasteiger partial charge < -0.3 is 14.9 Å². The Morgan fingerprint density at radius 3 is 3.00 bits per heavy atom. The van der Waals surface area contributed by atoms with Crippen LogP contribution in [-0.2, 0) is 4.74 Å². The lowest BCUT2D eigenvalue weighted by Crippen LogP contribution is -2.41. The van der Waals surface area contributed by atoms with Gasteiger partial charge in [-0.05, 0) is 28.1 Å². The standard InChI is InChI=1S/C9H10IN5O5/c10-4-2-15(8(19)12-7(4)18)6-1-5(17)9(3-16,20-6)13-14-11/h2,5-6,16-17H,1,3H2,(H,12,18,19)/t5?,6-,9-/m0/s1. The summed E-state index contributed by atoms with van der Waals surface area (Å²) in [7, 11) is 0. The van der Waals surface area contributed by atoms with Crippen molar-refractivity contribution < 1.29 is 14.9 Å². The summed E-state index contributed by atoms with van der Waals surface area (Å²) in [5.41, 5.74) is 5.39. The Kier molecular flexibility index (Phi) is 4.15. The highest BCUT2D eigenvalue weighted by atomic mass is 127. The summed E-state index contributed by atoms with van der Waals surface area (Å²) in [6.07, 6.45) is -1.03. The zero-order chi connectivity index (χ0) is 14.9. The van der Waals surface area contributed by atoms with Gasteiger partial charge in [0.15, 0.2) is 5.72 Å². The molecule has 20 heavy (non-hydrogen) atoms. The lowest BCUT2D eigenvalue weighted by molar-refractivity contribution is -0.124. The van der Waals surface area contributed by atoms with Gasteiger partial charge in [0, 0.05) is 17.5 Å². The van der Waals surface area contributed by atoms with Crippen molar-refractivity contribution in [1.29, 1.82) is 0 Å². The fourth-order valence-corrected chi connectivity index (χ4v) is 2.36. The lowest BCUT2D eigenvalue weighted by atomic mass is 10.1. The highest BCUT2D eigenvalue weighted by Crippen LogP contribution is 2.37. The number of halogens is 1. The summed E-state index contributed by atoms with van der Waals surface area (Å²) in [5.74, 6) is 0. The van der Waals surface area contributed by atoms with E-state index in [1.165, 1.54) is 6.20 Å². The van der Waals surface area contributed by atoms with Crippen LogP contribution < -0.4 is 11.2 Å². The van der Waals surface area contributed by atoms with Crippen LogP contribution in [0, 0.1) is 3.57 Å². The van der Waals surface area contributed by atoms with Gasteiger partial charge >= 0.3 is 5.69 Å². The molecule has 0 aromatic carbocycles. The number of aromatic nitrogens is 2. The molecule has 108 valence electrons. The van der Waals surface area contributed by atoms with E-state index in [2.05, 4.69) is 15.0 Å². The van der Waals surface area contributed by atoms with E-state index in [9.17, 15) is 19.8 Å². The van der Waals surface area contributed by atoms with Gasteiger partial charge in [0.1, 0.15) is 6.23 Å². The van der Waals surface area contributed by atoms with E-state index < -0.39 is 35.9 Å². The highest BCUT2D eigenvalue weighted by Gasteiger charge is 2.48. The molecular formula is C9H10IN5O5. The Hall–Kier alpha value is -1.40. The minimum Gasteiger partial charge on any atom is -0.393 e. The molecule has 3 N–H and O–H groups in total. The van der Waals surface area contributed by atoms with Crippen molar-refractivity contribution in [3.8, 4) is 0 Å². The molecule has 1 aliphatic heterocycles. The van der Waals surface area contributed by atoms with Crippen LogP contribution in [-0.4, -0.2) is 38.2 Å². The van der Waals surface area contributed by atoms with Crippen molar-refractivity contribution in [3.05, 3.63) is 41.0 Å². The normalized spacial score (nSPS) is 29.1. The van der Waals surface area contributed by atoms with Gasteiger partial charge in [-0.25, -0.2) is 4.79 Å². The number of ether oxygens (including phenoxy) is 1. The minimum absolute atomic E-state index is 0.0678. The number of aliphatic hydroxyl groups is 2. The molecule has 1 saturated heterocycles. The van der Waals surface area contributed by atoms with E-state index in [0.29, 0.717) is 0 Å². The van der Waals surface area contributed by atoms with Gasteiger partial charge in [0.2, 0.25) is 0 Å². The summed E-state index contributed by atoms with van der Waals surface area (Å²) in [6, 6.07) is 0. The first-order valence-corrected chi connectivity index (χ1v) is 6.55. The zero-order valence-corrected chi connectivity index (χ0v) is 12.1. The summed E-state index contributed by atoms with van der Waals surface area (Å²) in [4.78, 5) is 27.6. The molecule has 0 bridgehead atoms. The van der Waals surface area contributed by atoms with E-state index >= 15 is 0 Å². The molecule has 2 rings (SSSR count). The largest absolute Gasteiger partial charge is 0.393 e. The molecule has 2 heterocycles.